The Morgan fingerprint density at radius 2 is 1.75 bits per heavy atom. The van der Waals surface area contributed by atoms with Crippen LogP contribution in [0.25, 0.3) is 0 Å². The summed E-state index contributed by atoms with van der Waals surface area (Å²) in [5, 5.41) is 0.819. The zero-order chi connectivity index (χ0) is 8.55. The molecule has 0 saturated carbocycles. The Morgan fingerprint density at radius 1 is 1.25 bits per heavy atom. The standard InChI is InChI=1S/C10H12FN/c1-12(11)10-6-8-4-2-3-5-9(8)7-10/h2-5,10H,6-7H2,1H3. The van der Waals surface area contributed by atoms with Gasteiger partial charge in [0, 0.05) is 13.1 Å². The van der Waals surface area contributed by atoms with Gasteiger partial charge in [-0.25, -0.2) is 0 Å². The molecule has 0 fully saturated rings. The number of hydrogen-bond donors (Lipinski definition) is 0. The Bertz CT molecular complexity index is 258. The van der Waals surface area contributed by atoms with Gasteiger partial charge in [-0.2, -0.15) is 0 Å². The minimum absolute atomic E-state index is 0.0578. The normalized spacial score (nSPS) is 16.9. The van der Waals surface area contributed by atoms with Gasteiger partial charge in [-0.15, -0.1) is 9.60 Å². The minimum atomic E-state index is 0.0578. The molecule has 0 saturated heterocycles. The van der Waals surface area contributed by atoms with E-state index in [2.05, 4.69) is 12.1 Å². The van der Waals surface area contributed by atoms with E-state index in [0.717, 1.165) is 18.0 Å². The number of nitrogens with zero attached hydrogens (tertiary/aromatic N) is 1. The fourth-order valence-electron chi connectivity index (χ4n) is 1.79. The lowest BCUT2D eigenvalue weighted by Crippen LogP contribution is -2.24. The van der Waals surface area contributed by atoms with Crippen molar-refractivity contribution in [1.82, 2.24) is 5.12 Å². The second-order valence-corrected chi connectivity index (χ2v) is 3.36. The fourth-order valence-corrected chi connectivity index (χ4v) is 1.79. The Morgan fingerprint density at radius 3 is 2.17 bits per heavy atom. The first-order valence-corrected chi connectivity index (χ1v) is 4.23. The van der Waals surface area contributed by atoms with E-state index in [4.69, 9.17) is 0 Å². The molecule has 12 heavy (non-hydrogen) atoms. The molecule has 1 aromatic rings. The van der Waals surface area contributed by atoms with E-state index in [1.54, 1.807) is 0 Å². The van der Waals surface area contributed by atoms with Crippen LogP contribution in [0.3, 0.4) is 0 Å². The number of hydrogen-bond acceptors (Lipinski definition) is 1. The monoisotopic (exact) mass is 165 g/mol. The van der Waals surface area contributed by atoms with Crippen LogP contribution in [0.1, 0.15) is 11.1 Å². The number of fused-ring (bicyclic) bond motifs is 1. The van der Waals surface area contributed by atoms with E-state index >= 15 is 0 Å². The molecule has 2 rings (SSSR count). The molecule has 0 heterocycles. The molecule has 0 amide bonds. The zero-order valence-corrected chi connectivity index (χ0v) is 7.13. The van der Waals surface area contributed by atoms with Crippen molar-refractivity contribution in [2.75, 3.05) is 7.05 Å². The predicted octanol–water partition coefficient (Wildman–Crippen LogP) is 1.97. The van der Waals surface area contributed by atoms with Crippen LogP contribution in [-0.2, 0) is 12.8 Å². The summed E-state index contributed by atoms with van der Waals surface area (Å²) in [5.41, 5.74) is 2.60. The number of halogens is 1. The van der Waals surface area contributed by atoms with Crippen LogP contribution in [0.2, 0.25) is 0 Å². The van der Waals surface area contributed by atoms with E-state index in [1.165, 1.54) is 18.2 Å². The molecule has 1 aliphatic carbocycles. The average molecular weight is 165 g/mol. The smallest absolute Gasteiger partial charge is 0.0480 e. The minimum Gasteiger partial charge on any atom is -0.146 e. The number of benzene rings is 1. The molecule has 1 aromatic carbocycles. The molecular weight excluding hydrogens is 153 g/mol. The molecule has 2 heteroatoms. The van der Waals surface area contributed by atoms with Gasteiger partial charge in [0.2, 0.25) is 0 Å². The number of rotatable bonds is 1. The molecule has 0 aliphatic heterocycles. The van der Waals surface area contributed by atoms with Gasteiger partial charge in [0.1, 0.15) is 0 Å². The lowest BCUT2D eigenvalue weighted by Gasteiger charge is -2.12. The number of likely N-dealkylation sites (N-methyl/N-ethyl adjacent to an activating group) is 1. The highest BCUT2D eigenvalue weighted by Gasteiger charge is 2.23. The van der Waals surface area contributed by atoms with Crippen molar-refractivity contribution >= 4 is 0 Å². The first kappa shape index (κ1) is 7.74. The predicted molar refractivity (Wildman–Crippen MR) is 46.5 cm³/mol. The maximum atomic E-state index is 12.8. The van der Waals surface area contributed by atoms with Gasteiger partial charge in [-0.1, -0.05) is 24.3 Å². The average Bonchev–Trinajstić information content (AvgIpc) is 2.46. The molecule has 1 nitrogen and oxygen atoms in total. The first-order chi connectivity index (χ1) is 5.77. The summed E-state index contributed by atoms with van der Waals surface area (Å²) in [5.74, 6) is 0. The second kappa shape index (κ2) is 2.87. The summed E-state index contributed by atoms with van der Waals surface area (Å²) in [6.45, 7) is 0. The van der Waals surface area contributed by atoms with Crippen LogP contribution in [0.15, 0.2) is 24.3 Å². The van der Waals surface area contributed by atoms with Crippen molar-refractivity contribution < 1.29 is 4.48 Å². The third kappa shape index (κ3) is 1.23. The summed E-state index contributed by atoms with van der Waals surface area (Å²) in [6, 6.07) is 8.25. The summed E-state index contributed by atoms with van der Waals surface area (Å²) in [4.78, 5) is 0. The first-order valence-electron chi connectivity index (χ1n) is 4.23. The highest BCUT2D eigenvalue weighted by molar-refractivity contribution is 5.33. The third-order valence-corrected chi connectivity index (χ3v) is 2.53. The third-order valence-electron chi connectivity index (χ3n) is 2.53. The maximum Gasteiger partial charge on any atom is 0.0480 e. The highest BCUT2D eigenvalue weighted by Crippen LogP contribution is 2.24. The van der Waals surface area contributed by atoms with Crippen LogP contribution >= 0.6 is 0 Å². The van der Waals surface area contributed by atoms with Crippen LogP contribution in [0.5, 0.6) is 0 Å². The van der Waals surface area contributed by atoms with Crippen molar-refractivity contribution in [2.45, 2.75) is 18.9 Å². The van der Waals surface area contributed by atoms with Crippen LogP contribution in [0, 0.1) is 0 Å². The summed E-state index contributed by atoms with van der Waals surface area (Å²) in [7, 11) is 1.50. The Kier molecular flexibility index (Phi) is 1.85. The van der Waals surface area contributed by atoms with Crippen LogP contribution in [0.4, 0.5) is 4.48 Å². The molecule has 0 aromatic heterocycles. The largest absolute Gasteiger partial charge is 0.146 e. The molecule has 0 unspecified atom stereocenters. The molecule has 0 N–H and O–H groups in total. The summed E-state index contributed by atoms with van der Waals surface area (Å²) < 4.78 is 12.8. The van der Waals surface area contributed by atoms with Crippen molar-refractivity contribution in [3.8, 4) is 0 Å². The molecule has 0 bridgehead atoms. The lowest BCUT2D eigenvalue weighted by molar-refractivity contribution is 0.0134. The highest BCUT2D eigenvalue weighted by atomic mass is 19.2. The molecule has 0 spiro atoms. The summed E-state index contributed by atoms with van der Waals surface area (Å²) in [6.07, 6.45) is 1.70. The van der Waals surface area contributed by atoms with Gasteiger partial charge in [0.05, 0.1) is 0 Å². The van der Waals surface area contributed by atoms with Gasteiger partial charge in [-0.3, -0.25) is 0 Å². The lowest BCUT2D eigenvalue weighted by atomic mass is 10.1. The Hall–Kier alpha value is -0.890. The quantitative estimate of drug-likeness (QED) is 0.575. The van der Waals surface area contributed by atoms with Crippen LogP contribution < -0.4 is 0 Å². The van der Waals surface area contributed by atoms with Crippen molar-refractivity contribution in [1.29, 1.82) is 0 Å². The molecule has 64 valence electrons. The Labute approximate surface area is 71.7 Å². The maximum absolute atomic E-state index is 12.8. The van der Waals surface area contributed by atoms with E-state index in [0.29, 0.717) is 0 Å². The van der Waals surface area contributed by atoms with Crippen LogP contribution in [-0.4, -0.2) is 18.2 Å². The van der Waals surface area contributed by atoms with E-state index in [1.807, 2.05) is 12.1 Å². The fraction of sp³-hybridized carbons (Fsp3) is 0.400. The molecular formula is C10H12FN. The zero-order valence-electron chi connectivity index (χ0n) is 7.13. The van der Waals surface area contributed by atoms with E-state index in [9.17, 15) is 4.48 Å². The van der Waals surface area contributed by atoms with Crippen molar-refractivity contribution in [3.63, 3.8) is 0 Å². The van der Waals surface area contributed by atoms with Gasteiger partial charge < -0.3 is 0 Å². The topological polar surface area (TPSA) is 3.24 Å². The summed E-state index contributed by atoms with van der Waals surface area (Å²) >= 11 is 0. The van der Waals surface area contributed by atoms with Gasteiger partial charge in [0.15, 0.2) is 0 Å². The van der Waals surface area contributed by atoms with E-state index < -0.39 is 0 Å². The van der Waals surface area contributed by atoms with Crippen molar-refractivity contribution in [3.05, 3.63) is 35.4 Å². The van der Waals surface area contributed by atoms with Crippen molar-refractivity contribution in [2.24, 2.45) is 0 Å². The second-order valence-electron chi connectivity index (χ2n) is 3.36. The molecule has 0 atom stereocenters. The van der Waals surface area contributed by atoms with Gasteiger partial charge in [0.25, 0.3) is 0 Å². The molecule has 1 aliphatic rings. The van der Waals surface area contributed by atoms with E-state index in [-0.39, 0.29) is 6.04 Å². The van der Waals surface area contributed by atoms with Gasteiger partial charge >= 0.3 is 0 Å². The molecule has 0 radical (unpaired) electrons. The SMILES string of the molecule is CN(F)C1Cc2ccccc2C1. The van der Waals surface area contributed by atoms with Gasteiger partial charge in [-0.05, 0) is 24.0 Å². The Balaban J connectivity index is 2.22.